The van der Waals surface area contributed by atoms with Crippen LogP contribution in [-0.2, 0) is 13.1 Å². The van der Waals surface area contributed by atoms with Crippen molar-refractivity contribution in [2.75, 3.05) is 19.8 Å². The molecule has 0 bridgehead atoms. The number of aldehydes is 1. The fraction of sp³-hybridized carbons (Fsp3) is 0.250. The van der Waals surface area contributed by atoms with E-state index >= 15 is 0 Å². The molecule has 0 fully saturated rings. The summed E-state index contributed by atoms with van der Waals surface area (Å²) in [4.78, 5) is 13.2. The Hall–Kier alpha value is -3.61. The van der Waals surface area contributed by atoms with Crippen molar-refractivity contribution in [3.05, 3.63) is 95.9 Å². The first-order valence-electron chi connectivity index (χ1n) is 11.4. The van der Waals surface area contributed by atoms with Gasteiger partial charge in [0.1, 0.15) is 24.8 Å². The van der Waals surface area contributed by atoms with Gasteiger partial charge in [0.05, 0.1) is 19.4 Å². The van der Waals surface area contributed by atoms with Gasteiger partial charge in [-0.15, -0.1) is 0 Å². The third-order valence-electron chi connectivity index (χ3n) is 5.54. The molecule has 0 spiro atoms. The molecule has 0 aliphatic heterocycles. The van der Waals surface area contributed by atoms with Crippen LogP contribution in [0.5, 0.6) is 11.5 Å². The maximum Gasteiger partial charge on any atom is 0.161 e. The van der Waals surface area contributed by atoms with Gasteiger partial charge >= 0.3 is 0 Å². The molecule has 1 aromatic heterocycles. The van der Waals surface area contributed by atoms with Gasteiger partial charge in [-0.25, -0.2) is 0 Å². The van der Waals surface area contributed by atoms with Crippen molar-refractivity contribution in [3.8, 4) is 11.5 Å². The van der Waals surface area contributed by atoms with Gasteiger partial charge in [-0.3, -0.25) is 9.69 Å². The SMILES string of the molecule is CCOc1cc(C=O)ccc1OCC(O)CN(Cc1ccco1)Cc1cccc2ccccc12. The summed E-state index contributed by atoms with van der Waals surface area (Å²) in [7, 11) is 0. The second-order valence-corrected chi connectivity index (χ2v) is 8.11. The summed E-state index contributed by atoms with van der Waals surface area (Å²) in [5.74, 6) is 1.82. The van der Waals surface area contributed by atoms with Gasteiger partial charge in [-0.05, 0) is 53.6 Å². The first kappa shape index (κ1) is 23.5. The maximum atomic E-state index is 11.1. The van der Waals surface area contributed by atoms with Crippen LogP contribution in [-0.4, -0.2) is 42.2 Å². The van der Waals surface area contributed by atoms with E-state index in [1.807, 2.05) is 31.2 Å². The standard InChI is InChI=1S/C28H29NO5/c1-2-32-28-15-21(19-30)12-13-27(28)34-20-24(31)17-29(18-25-10-6-14-33-25)16-23-9-5-8-22-7-3-4-11-26(22)23/h3-15,19,24,31H,2,16-18,20H2,1H3. The molecular formula is C28H29NO5. The normalized spacial score (nSPS) is 12.1. The predicted octanol–water partition coefficient (Wildman–Crippen LogP) is 5.09. The molecule has 0 saturated carbocycles. The van der Waals surface area contributed by atoms with Crippen molar-refractivity contribution in [2.45, 2.75) is 26.1 Å². The van der Waals surface area contributed by atoms with Crippen molar-refractivity contribution in [1.82, 2.24) is 4.90 Å². The van der Waals surface area contributed by atoms with E-state index < -0.39 is 6.10 Å². The second kappa shape index (κ2) is 11.5. The molecule has 0 aliphatic rings. The van der Waals surface area contributed by atoms with Crippen molar-refractivity contribution in [2.24, 2.45) is 0 Å². The Morgan fingerprint density at radius 2 is 1.82 bits per heavy atom. The Morgan fingerprint density at radius 3 is 2.62 bits per heavy atom. The van der Waals surface area contributed by atoms with Gasteiger partial charge in [0.2, 0.25) is 0 Å². The van der Waals surface area contributed by atoms with Gasteiger partial charge < -0.3 is 19.0 Å². The van der Waals surface area contributed by atoms with Crippen molar-refractivity contribution < 1.29 is 23.8 Å². The number of carbonyl (C=O) groups excluding carboxylic acids is 1. The molecular weight excluding hydrogens is 430 g/mol. The summed E-state index contributed by atoms with van der Waals surface area (Å²) in [6.07, 6.45) is 1.68. The smallest absolute Gasteiger partial charge is 0.161 e. The minimum absolute atomic E-state index is 0.0880. The number of aliphatic hydroxyl groups excluding tert-OH is 1. The van der Waals surface area contributed by atoms with Crippen LogP contribution in [0.2, 0.25) is 0 Å². The van der Waals surface area contributed by atoms with E-state index in [0.29, 0.717) is 43.3 Å². The van der Waals surface area contributed by atoms with E-state index in [4.69, 9.17) is 13.9 Å². The second-order valence-electron chi connectivity index (χ2n) is 8.11. The Bertz CT molecular complexity index is 1200. The summed E-state index contributed by atoms with van der Waals surface area (Å²) in [6.45, 7) is 4.00. The monoisotopic (exact) mass is 459 g/mol. The lowest BCUT2D eigenvalue weighted by atomic mass is 10.0. The summed E-state index contributed by atoms with van der Waals surface area (Å²) in [6, 6.07) is 23.4. The lowest BCUT2D eigenvalue weighted by molar-refractivity contribution is 0.0595. The van der Waals surface area contributed by atoms with E-state index in [2.05, 4.69) is 35.2 Å². The van der Waals surface area contributed by atoms with E-state index in [-0.39, 0.29) is 6.61 Å². The van der Waals surface area contributed by atoms with Crippen LogP contribution < -0.4 is 9.47 Å². The van der Waals surface area contributed by atoms with Gasteiger partial charge in [-0.1, -0.05) is 42.5 Å². The van der Waals surface area contributed by atoms with Crippen LogP contribution in [0.1, 0.15) is 28.6 Å². The molecule has 3 aromatic carbocycles. The fourth-order valence-electron chi connectivity index (χ4n) is 4.00. The van der Waals surface area contributed by atoms with Crippen molar-refractivity contribution >= 4 is 17.1 Å². The average Bonchev–Trinajstić information content (AvgIpc) is 3.36. The Labute approximate surface area is 199 Å². The van der Waals surface area contributed by atoms with Gasteiger partial charge in [0, 0.05) is 18.7 Å². The highest BCUT2D eigenvalue weighted by Gasteiger charge is 2.17. The number of nitrogens with zero attached hydrogens (tertiary/aromatic N) is 1. The number of aliphatic hydroxyl groups is 1. The number of fused-ring (bicyclic) bond motifs is 1. The third kappa shape index (κ3) is 6.04. The molecule has 0 radical (unpaired) electrons. The first-order chi connectivity index (χ1) is 16.7. The first-order valence-corrected chi connectivity index (χ1v) is 11.4. The number of carbonyl (C=O) groups is 1. The van der Waals surface area contributed by atoms with Crippen LogP contribution in [0, 0.1) is 0 Å². The average molecular weight is 460 g/mol. The lowest BCUT2D eigenvalue weighted by Gasteiger charge is -2.25. The number of hydrogen-bond acceptors (Lipinski definition) is 6. The summed E-state index contributed by atoms with van der Waals surface area (Å²) in [5, 5.41) is 13.2. The highest BCUT2D eigenvalue weighted by Crippen LogP contribution is 2.28. The molecule has 0 saturated heterocycles. The van der Waals surface area contributed by atoms with E-state index in [0.717, 1.165) is 12.0 Å². The van der Waals surface area contributed by atoms with Crippen LogP contribution in [0.3, 0.4) is 0 Å². The highest BCUT2D eigenvalue weighted by atomic mass is 16.5. The predicted molar refractivity (Wildman–Crippen MR) is 131 cm³/mol. The van der Waals surface area contributed by atoms with Crippen LogP contribution in [0.15, 0.2) is 83.5 Å². The molecule has 0 aliphatic carbocycles. The molecule has 6 nitrogen and oxygen atoms in total. The quantitative estimate of drug-likeness (QED) is 0.298. The molecule has 34 heavy (non-hydrogen) atoms. The number of hydrogen-bond donors (Lipinski definition) is 1. The molecule has 176 valence electrons. The Balaban J connectivity index is 1.46. The molecule has 4 rings (SSSR count). The van der Waals surface area contributed by atoms with Crippen LogP contribution >= 0.6 is 0 Å². The molecule has 4 aromatic rings. The largest absolute Gasteiger partial charge is 0.490 e. The summed E-state index contributed by atoms with van der Waals surface area (Å²) < 4.78 is 17.0. The van der Waals surface area contributed by atoms with Gasteiger partial charge in [-0.2, -0.15) is 0 Å². The molecule has 6 heteroatoms. The van der Waals surface area contributed by atoms with E-state index in [1.165, 1.54) is 16.3 Å². The highest BCUT2D eigenvalue weighted by molar-refractivity contribution is 5.85. The molecule has 1 N–H and O–H groups in total. The fourth-order valence-corrected chi connectivity index (χ4v) is 4.00. The summed E-state index contributed by atoms with van der Waals surface area (Å²) >= 11 is 0. The molecule has 0 amide bonds. The zero-order valence-corrected chi connectivity index (χ0v) is 19.2. The zero-order valence-electron chi connectivity index (χ0n) is 19.2. The van der Waals surface area contributed by atoms with Crippen molar-refractivity contribution in [1.29, 1.82) is 0 Å². The molecule has 1 heterocycles. The Morgan fingerprint density at radius 1 is 0.971 bits per heavy atom. The van der Waals surface area contributed by atoms with E-state index in [9.17, 15) is 9.90 Å². The molecule has 1 atom stereocenters. The number of furan rings is 1. The third-order valence-corrected chi connectivity index (χ3v) is 5.54. The van der Waals surface area contributed by atoms with Crippen LogP contribution in [0.25, 0.3) is 10.8 Å². The van der Waals surface area contributed by atoms with E-state index in [1.54, 1.807) is 24.5 Å². The van der Waals surface area contributed by atoms with Gasteiger partial charge in [0.15, 0.2) is 11.5 Å². The topological polar surface area (TPSA) is 72.1 Å². The summed E-state index contributed by atoms with van der Waals surface area (Å²) in [5.41, 5.74) is 1.69. The number of ether oxygens (including phenoxy) is 2. The van der Waals surface area contributed by atoms with Crippen LogP contribution in [0.4, 0.5) is 0 Å². The minimum atomic E-state index is -0.745. The number of rotatable bonds is 12. The van der Waals surface area contributed by atoms with Gasteiger partial charge in [0.25, 0.3) is 0 Å². The maximum absolute atomic E-state index is 11.1. The molecule has 1 unspecified atom stereocenters. The lowest BCUT2D eigenvalue weighted by Crippen LogP contribution is -2.35. The Kier molecular flexibility index (Phi) is 7.96. The zero-order chi connectivity index (χ0) is 23.8. The number of benzene rings is 3. The van der Waals surface area contributed by atoms with Crippen molar-refractivity contribution in [3.63, 3.8) is 0 Å². The minimum Gasteiger partial charge on any atom is -0.490 e.